The Morgan fingerprint density at radius 3 is 2.19 bits per heavy atom. The van der Waals surface area contributed by atoms with Gasteiger partial charge < -0.3 is 11.1 Å². The van der Waals surface area contributed by atoms with E-state index in [9.17, 15) is 0 Å². The molecule has 4 heteroatoms. The van der Waals surface area contributed by atoms with Crippen LogP contribution in [0.25, 0.3) is 0 Å². The van der Waals surface area contributed by atoms with Crippen LogP contribution in [0.15, 0.2) is 12.4 Å². The number of nitrogens with one attached hydrogen (secondary N) is 1. The van der Waals surface area contributed by atoms with Crippen LogP contribution in [0.5, 0.6) is 0 Å². The van der Waals surface area contributed by atoms with Gasteiger partial charge in [0.05, 0.1) is 0 Å². The van der Waals surface area contributed by atoms with Gasteiger partial charge in [-0.3, -0.25) is 0 Å². The monoisotopic (exact) mass is 222 g/mol. The molecule has 0 amide bonds. The lowest BCUT2D eigenvalue weighted by Crippen LogP contribution is -2.36. The first kappa shape index (κ1) is 12.7. The number of hydrogen-bond donors (Lipinski definition) is 2. The topological polar surface area (TPSA) is 63.8 Å². The summed E-state index contributed by atoms with van der Waals surface area (Å²) < 4.78 is 0. The van der Waals surface area contributed by atoms with Gasteiger partial charge in [0.2, 0.25) is 0 Å². The van der Waals surface area contributed by atoms with E-state index in [1.54, 1.807) is 12.4 Å². The van der Waals surface area contributed by atoms with Crippen molar-refractivity contribution in [3.63, 3.8) is 0 Å². The minimum atomic E-state index is -0.0532. The summed E-state index contributed by atoms with van der Waals surface area (Å²) >= 11 is 0. The molecule has 0 aliphatic carbocycles. The number of hydrogen-bond acceptors (Lipinski definition) is 4. The number of anilines is 2. The second-order valence-corrected chi connectivity index (χ2v) is 6.04. The maximum atomic E-state index is 5.76. The van der Waals surface area contributed by atoms with Crippen LogP contribution < -0.4 is 11.1 Å². The van der Waals surface area contributed by atoms with Gasteiger partial charge in [-0.05, 0) is 25.7 Å². The van der Waals surface area contributed by atoms with E-state index >= 15 is 0 Å². The lowest BCUT2D eigenvalue weighted by Gasteiger charge is -2.33. The highest BCUT2D eigenvalue weighted by atomic mass is 15.1. The highest BCUT2D eigenvalue weighted by molar-refractivity contribution is 5.56. The first-order valence-electron chi connectivity index (χ1n) is 5.54. The van der Waals surface area contributed by atoms with Crippen molar-refractivity contribution in [3.8, 4) is 0 Å². The normalized spacial score (nSPS) is 12.6. The zero-order chi connectivity index (χ0) is 12.4. The Labute approximate surface area is 97.7 Å². The number of nitrogens with two attached hydrogens (primary N) is 1. The summed E-state index contributed by atoms with van der Waals surface area (Å²) in [5, 5.41) is 3.34. The molecule has 0 saturated carbocycles. The molecule has 0 aromatic carbocycles. The van der Waals surface area contributed by atoms with Crippen LogP contribution >= 0.6 is 0 Å². The predicted octanol–water partition coefficient (Wildman–Crippen LogP) is 2.69. The van der Waals surface area contributed by atoms with E-state index < -0.39 is 0 Å². The van der Waals surface area contributed by atoms with Crippen LogP contribution in [0.1, 0.15) is 41.0 Å². The number of nitrogens with zero attached hydrogens (tertiary/aromatic N) is 2. The molecule has 0 bridgehead atoms. The van der Waals surface area contributed by atoms with E-state index in [0.29, 0.717) is 11.6 Å². The van der Waals surface area contributed by atoms with E-state index in [1.807, 2.05) is 0 Å². The summed E-state index contributed by atoms with van der Waals surface area (Å²) in [6.45, 7) is 10.9. The molecule has 1 rings (SSSR count). The number of aromatic nitrogens is 2. The fourth-order valence-corrected chi connectivity index (χ4v) is 2.14. The molecule has 3 N–H and O–H groups in total. The first-order chi connectivity index (χ1) is 7.20. The second-order valence-electron chi connectivity index (χ2n) is 6.04. The Morgan fingerprint density at radius 1 is 1.12 bits per heavy atom. The molecule has 0 aliphatic rings. The number of rotatable bonds is 3. The Bertz CT molecular complexity index is 352. The maximum absolute atomic E-state index is 5.76. The highest BCUT2D eigenvalue weighted by Gasteiger charge is 2.26. The van der Waals surface area contributed by atoms with E-state index in [2.05, 4.69) is 49.9 Å². The summed E-state index contributed by atoms with van der Waals surface area (Å²) in [5.74, 6) is 1.11. The standard InChI is InChI=1S/C12H22N4/c1-11(2,3)8-12(4,5)16-10-9(13)14-6-7-15-10/h6-7H,8H2,1-5H3,(H2,13,14)(H,15,16). The first-order valence-corrected chi connectivity index (χ1v) is 5.54. The van der Waals surface area contributed by atoms with Gasteiger partial charge in [0.1, 0.15) is 0 Å². The second kappa shape index (κ2) is 4.28. The van der Waals surface area contributed by atoms with Crippen molar-refractivity contribution in [1.29, 1.82) is 0 Å². The van der Waals surface area contributed by atoms with Gasteiger partial charge >= 0.3 is 0 Å². The van der Waals surface area contributed by atoms with E-state index in [0.717, 1.165) is 6.42 Å². The van der Waals surface area contributed by atoms with Crippen molar-refractivity contribution in [3.05, 3.63) is 12.4 Å². The molecule has 0 saturated heterocycles. The Kier molecular flexibility index (Phi) is 3.41. The van der Waals surface area contributed by atoms with Gasteiger partial charge in [-0.25, -0.2) is 9.97 Å². The van der Waals surface area contributed by atoms with Gasteiger partial charge in [0, 0.05) is 17.9 Å². The minimum Gasteiger partial charge on any atom is -0.381 e. The quantitative estimate of drug-likeness (QED) is 0.825. The van der Waals surface area contributed by atoms with Crippen LogP contribution in [0.4, 0.5) is 11.6 Å². The molecular formula is C12H22N4. The van der Waals surface area contributed by atoms with E-state index in [1.165, 1.54) is 0 Å². The molecule has 0 spiro atoms. The molecule has 4 nitrogen and oxygen atoms in total. The van der Waals surface area contributed by atoms with Crippen molar-refractivity contribution in [2.75, 3.05) is 11.1 Å². The van der Waals surface area contributed by atoms with Gasteiger partial charge in [-0.2, -0.15) is 0 Å². The van der Waals surface area contributed by atoms with Gasteiger partial charge in [0.15, 0.2) is 11.6 Å². The molecule has 1 heterocycles. The summed E-state index contributed by atoms with van der Waals surface area (Å²) in [4.78, 5) is 8.21. The average molecular weight is 222 g/mol. The molecule has 16 heavy (non-hydrogen) atoms. The van der Waals surface area contributed by atoms with Gasteiger partial charge in [-0.1, -0.05) is 20.8 Å². The van der Waals surface area contributed by atoms with Crippen LogP contribution in [-0.4, -0.2) is 15.5 Å². The molecule has 0 unspecified atom stereocenters. The zero-order valence-corrected chi connectivity index (χ0v) is 10.8. The van der Waals surface area contributed by atoms with Gasteiger partial charge in [-0.15, -0.1) is 0 Å². The molecule has 90 valence electrons. The lowest BCUT2D eigenvalue weighted by atomic mass is 9.82. The summed E-state index contributed by atoms with van der Waals surface area (Å²) in [5.41, 5.74) is 5.96. The summed E-state index contributed by atoms with van der Waals surface area (Å²) in [6.07, 6.45) is 4.26. The number of nitrogen functional groups attached to an aromatic ring is 1. The fourth-order valence-electron chi connectivity index (χ4n) is 2.14. The van der Waals surface area contributed by atoms with Crippen molar-refractivity contribution in [2.24, 2.45) is 5.41 Å². The predicted molar refractivity (Wildman–Crippen MR) is 68.2 cm³/mol. The largest absolute Gasteiger partial charge is 0.381 e. The van der Waals surface area contributed by atoms with Crippen LogP contribution in [-0.2, 0) is 0 Å². The molecular weight excluding hydrogens is 200 g/mol. The molecule has 1 aromatic rings. The van der Waals surface area contributed by atoms with Crippen molar-refractivity contribution in [1.82, 2.24) is 9.97 Å². The minimum absolute atomic E-state index is 0.0532. The molecule has 0 aliphatic heterocycles. The van der Waals surface area contributed by atoms with Gasteiger partial charge in [0.25, 0.3) is 0 Å². The molecule has 1 aromatic heterocycles. The lowest BCUT2D eigenvalue weighted by molar-refractivity contribution is 0.302. The zero-order valence-electron chi connectivity index (χ0n) is 10.8. The third kappa shape index (κ3) is 4.04. The fraction of sp³-hybridized carbons (Fsp3) is 0.667. The smallest absolute Gasteiger partial charge is 0.169 e. The van der Waals surface area contributed by atoms with Crippen LogP contribution in [0.2, 0.25) is 0 Å². The highest BCUT2D eigenvalue weighted by Crippen LogP contribution is 2.29. The Balaban J connectivity index is 2.77. The third-order valence-electron chi connectivity index (χ3n) is 2.16. The molecule has 0 atom stereocenters. The third-order valence-corrected chi connectivity index (χ3v) is 2.16. The summed E-state index contributed by atoms with van der Waals surface area (Å²) in [6, 6.07) is 0. The van der Waals surface area contributed by atoms with Crippen molar-refractivity contribution < 1.29 is 0 Å². The molecule has 0 radical (unpaired) electrons. The Hall–Kier alpha value is -1.32. The van der Waals surface area contributed by atoms with Crippen molar-refractivity contribution in [2.45, 2.75) is 46.6 Å². The summed E-state index contributed by atoms with van der Waals surface area (Å²) in [7, 11) is 0. The van der Waals surface area contributed by atoms with Crippen LogP contribution in [0, 0.1) is 5.41 Å². The van der Waals surface area contributed by atoms with E-state index in [-0.39, 0.29) is 11.0 Å². The average Bonchev–Trinajstić information content (AvgIpc) is 2.04. The maximum Gasteiger partial charge on any atom is 0.169 e. The Morgan fingerprint density at radius 2 is 1.69 bits per heavy atom. The SMILES string of the molecule is CC(C)(C)CC(C)(C)Nc1nccnc1N. The van der Waals surface area contributed by atoms with Crippen molar-refractivity contribution >= 4 is 11.6 Å². The van der Waals surface area contributed by atoms with E-state index in [4.69, 9.17) is 5.73 Å². The molecule has 0 fully saturated rings. The van der Waals surface area contributed by atoms with Crippen LogP contribution in [0.3, 0.4) is 0 Å².